The zero-order chi connectivity index (χ0) is 10.6. The molecule has 0 saturated carbocycles. The monoisotopic (exact) mass is 210 g/mol. The van der Waals surface area contributed by atoms with Crippen LogP contribution in [0.1, 0.15) is 6.92 Å². The van der Waals surface area contributed by atoms with Crippen LogP contribution in [0.4, 0.5) is 5.95 Å². The summed E-state index contributed by atoms with van der Waals surface area (Å²) >= 11 is 5.65. The van der Waals surface area contributed by atoms with Gasteiger partial charge in [-0.05, 0) is 6.92 Å². The number of hydrogen-bond acceptors (Lipinski definition) is 4. The normalized spacial score (nSPS) is 11.9. The summed E-state index contributed by atoms with van der Waals surface area (Å²) in [6.45, 7) is 2.46. The molecule has 0 aliphatic heterocycles. The molecule has 4 nitrogen and oxygen atoms in total. The molecule has 1 aromatic rings. The van der Waals surface area contributed by atoms with E-state index in [0.717, 1.165) is 0 Å². The van der Waals surface area contributed by atoms with Crippen molar-refractivity contribution in [1.82, 2.24) is 9.97 Å². The van der Waals surface area contributed by atoms with E-state index in [1.54, 1.807) is 0 Å². The van der Waals surface area contributed by atoms with E-state index in [-0.39, 0.29) is 5.92 Å². The first-order valence-corrected chi connectivity index (χ1v) is 4.59. The molecule has 0 bridgehead atoms. The third-order valence-corrected chi connectivity index (χ3v) is 1.91. The molecule has 1 rings (SSSR count). The van der Waals surface area contributed by atoms with E-state index >= 15 is 0 Å². The Kier molecular flexibility index (Phi) is 3.66. The van der Waals surface area contributed by atoms with Crippen LogP contribution in [0.25, 0.3) is 0 Å². The number of nitriles is 1. The second-order valence-electron chi connectivity index (χ2n) is 3.11. The number of hydrogen-bond donors (Lipinski definition) is 0. The Bertz CT molecular complexity index is 330. The summed E-state index contributed by atoms with van der Waals surface area (Å²) in [5.41, 5.74) is 0. The number of aromatic nitrogens is 2. The summed E-state index contributed by atoms with van der Waals surface area (Å²) in [6.07, 6.45) is 3.08. The third-order valence-electron chi connectivity index (χ3n) is 1.72. The van der Waals surface area contributed by atoms with Gasteiger partial charge in [0.05, 0.1) is 29.4 Å². The lowest BCUT2D eigenvalue weighted by Gasteiger charge is -2.17. The lowest BCUT2D eigenvalue weighted by molar-refractivity contribution is 0.702. The van der Waals surface area contributed by atoms with Crippen LogP contribution in [-0.4, -0.2) is 23.6 Å². The van der Waals surface area contributed by atoms with Gasteiger partial charge in [0.2, 0.25) is 5.95 Å². The van der Waals surface area contributed by atoms with Crippen molar-refractivity contribution in [2.24, 2.45) is 5.92 Å². The summed E-state index contributed by atoms with van der Waals surface area (Å²) < 4.78 is 0. The highest BCUT2D eigenvalue weighted by atomic mass is 35.5. The Morgan fingerprint density at radius 3 is 2.64 bits per heavy atom. The molecule has 5 heteroatoms. The SMILES string of the molecule is CC(C#N)CN(C)c1ncc(Cl)cn1. The Morgan fingerprint density at radius 2 is 2.14 bits per heavy atom. The first-order valence-electron chi connectivity index (χ1n) is 4.21. The summed E-state index contributed by atoms with van der Waals surface area (Å²) in [5.74, 6) is 0.538. The van der Waals surface area contributed by atoms with Crippen LogP contribution in [0.5, 0.6) is 0 Å². The Hall–Kier alpha value is -1.34. The number of halogens is 1. The predicted molar refractivity (Wildman–Crippen MR) is 55.1 cm³/mol. The van der Waals surface area contributed by atoms with Crippen molar-refractivity contribution in [2.75, 3.05) is 18.5 Å². The van der Waals surface area contributed by atoms with Crippen molar-refractivity contribution in [3.05, 3.63) is 17.4 Å². The minimum atomic E-state index is -0.0423. The molecule has 0 fully saturated rings. The average Bonchev–Trinajstić information content (AvgIpc) is 2.18. The van der Waals surface area contributed by atoms with Crippen molar-refractivity contribution >= 4 is 17.5 Å². The van der Waals surface area contributed by atoms with E-state index in [1.807, 2.05) is 18.9 Å². The van der Waals surface area contributed by atoms with E-state index in [1.165, 1.54) is 12.4 Å². The molecule has 0 aromatic carbocycles. The molecule has 0 radical (unpaired) electrons. The highest BCUT2D eigenvalue weighted by Gasteiger charge is 2.07. The molecule has 0 N–H and O–H groups in total. The maximum atomic E-state index is 8.64. The molecule has 0 amide bonds. The fourth-order valence-electron chi connectivity index (χ4n) is 1.04. The van der Waals surface area contributed by atoms with Crippen LogP contribution >= 0.6 is 11.6 Å². The third kappa shape index (κ3) is 2.86. The molecule has 1 heterocycles. The van der Waals surface area contributed by atoms with Crippen LogP contribution in [-0.2, 0) is 0 Å². The Labute approximate surface area is 88.2 Å². The van der Waals surface area contributed by atoms with Gasteiger partial charge < -0.3 is 4.90 Å². The van der Waals surface area contributed by atoms with Crippen LogP contribution < -0.4 is 4.90 Å². The van der Waals surface area contributed by atoms with Crippen molar-refractivity contribution in [3.8, 4) is 6.07 Å². The first-order chi connectivity index (χ1) is 6.63. The highest BCUT2D eigenvalue weighted by molar-refractivity contribution is 6.30. The van der Waals surface area contributed by atoms with Gasteiger partial charge in [0, 0.05) is 13.6 Å². The van der Waals surface area contributed by atoms with Gasteiger partial charge in [-0.25, -0.2) is 9.97 Å². The molecule has 1 unspecified atom stereocenters. The first kappa shape index (κ1) is 10.7. The van der Waals surface area contributed by atoms with Gasteiger partial charge in [0.1, 0.15) is 0 Å². The Morgan fingerprint density at radius 1 is 1.57 bits per heavy atom. The average molecular weight is 211 g/mol. The van der Waals surface area contributed by atoms with Crippen molar-refractivity contribution < 1.29 is 0 Å². The van der Waals surface area contributed by atoms with Crippen molar-refractivity contribution in [2.45, 2.75) is 6.92 Å². The van der Waals surface area contributed by atoms with E-state index in [9.17, 15) is 0 Å². The van der Waals surface area contributed by atoms with Crippen LogP contribution in [0.15, 0.2) is 12.4 Å². The van der Waals surface area contributed by atoms with E-state index < -0.39 is 0 Å². The predicted octanol–water partition coefficient (Wildman–Crippen LogP) is 1.73. The fourth-order valence-corrected chi connectivity index (χ4v) is 1.13. The zero-order valence-electron chi connectivity index (χ0n) is 8.11. The van der Waals surface area contributed by atoms with Gasteiger partial charge in [-0.15, -0.1) is 0 Å². The lowest BCUT2D eigenvalue weighted by atomic mass is 10.2. The topological polar surface area (TPSA) is 52.8 Å². The van der Waals surface area contributed by atoms with Crippen LogP contribution in [0, 0.1) is 17.2 Å². The van der Waals surface area contributed by atoms with Gasteiger partial charge >= 0.3 is 0 Å². The maximum absolute atomic E-state index is 8.64. The number of rotatable bonds is 3. The quantitative estimate of drug-likeness (QED) is 0.763. The molecule has 14 heavy (non-hydrogen) atoms. The number of nitrogens with zero attached hydrogens (tertiary/aromatic N) is 4. The number of anilines is 1. The second kappa shape index (κ2) is 4.77. The molecule has 74 valence electrons. The van der Waals surface area contributed by atoms with E-state index in [4.69, 9.17) is 16.9 Å². The molecule has 0 aliphatic carbocycles. The van der Waals surface area contributed by atoms with Crippen LogP contribution in [0.2, 0.25) is 5.02 Å². The van der Waals surface area contributed by atoms with Crippen molar-refractivity contribution in [3.63, 3.8) is 0 Å². The van der Waals surface area contributed by atoms with Gasteiger partial charge in [-0.1, -0.05) is 11.6 Å². The van der Waals surface area contributed by atoms with E-state index in [2.05, 4.69) is 16.0 Å². The highest BCUT2D eigenvalue weighted by Crippen LogP contribution is 2.09. The minimum Gasteiger partial charge on any atom is -0.343 e. The summed E-state index contributed by atoms with van der Waals surface area (Å²) in [5, 5.41) is 9.15. The molecular weight excluding hydrogens is 200 g/mol. The fraction of sp³-hybridized carbons (Fsp3) is 0.444. The largest absolute Gasteiger partial charge is 0.343 e. The molecule has 1 aromatic heterocycles. The van der Waals surface area contributed by atoms with Gasteiger partial charge in [-0.3, -0.25) is 0 Å². The maximum Gasteiger partial charge on any atom is 0.225 e. The molecule has 1 atom stereocenters. The smallest absolute Gasteiger partial charge is 0.225 e. The molecule has 0 saturated heterocycles. The summed E-state index contributed by atoms with van der Waals surface area (Å²) in [4.78, 5) is 9.90. The second-order valence-corrected chi connectivity index (χ2v) is 3.55. The van der Waals surface area contributed by atoms with Crippen LogP contribution in [0.3, 0.4) is 0 Å². The van der Waals surface area contributed by atoms with Crippen molar-refractivity contribution in [1.29, 1.82) is 5.26 Å². The standard InChI is InChI=1S/C9H11ClN4/c1-7(3-11)6-14(2)9-12-4-8(10)5-13-9/h4-5,7H,6H2,1-2H3. The summed E-state index contributed by atoms with van der Waals surface area (Å²) in [7, 11) is 1.84. The zero-order valence-corrected chi connectivity index (χ0v) is 8.86. The molecule has 0 aliphatic rings. The lowest BCUT2D eigenvalue weighted by Crippen LogP contribution is -2.24. The van der Waals surface area contributed by atoms with E-state index in [0.29, 0.717) is 17.5 Å². The minimum absolute atomic E-state index is 0.0423. The molecular formula is C9H11ClN4. The summed E-state index contributed by atoms with van der Waals surface area (Å²) in [6, 6.07) is 2.15. The van der Waals surface area contributed by atoms with Gasteiger partial charge in [0.25, 0.3) is 0 Å². The Balaban J connectivity index is 2.66. The molecule has 0 spiro atoms. The van der Waals surface area contributed by atoms with Gasteiger partial charge in [0.15, 0.2) is 0 Å². The van der Waals surface area contributed by atoms with Gasteiger partial charge in [-0.2, -0.15) is 5.26 Å².